The Morgan fingerprint density at radius 3 is 2.65 bits per heavy atom. The molecule has 0 fully saturated rings. The first-order valence-corrected chi connectivity index (χ1v) is 7.46. The zero-order chi connectivity index (χ0) is 16.2. The summed E-state index contributed by atoms with van der Waals surface area (Å²) < 4.78 is 16.6. The number of aryl methyl sites for hydroxylation is 2. The van der Waals surface area contributed by atoms with E-state index in [2.05, 4.69) is 11.2 Å². The molecule has 0 aliphatic rings. The molecule has 3 aromatic rings. The number of methoxy groups -OCH3 is 1. The largest absolute Gasteiger partial charge is 0.496 e. The van der Waals surface area contributed by atoms with E-state index in [1.54, 1.807) is 7.11 Å². The Morgan fingerprint density at radius 1 is 1.00 bits per heavy atom. The van der Waals surface area contributed by atoms with Gasteiger partial charge in [0.15, 0.2) is 5.76 Å². The quantitative estimate of drug-likeness (QED) is 0.694. The highest BCUT2D eigenvalue weighted by molar-refractivity contribution is 5.66. The van der Waals surface area contributed by atoms with Crippen LogP contribution in [0.15, 0.2) is 53.1 Å². The molecule has 0 aliphatic carbocycles. The van der Waals surface area contributed by atoms with E-state index < -0.39 is 0 Å². The Kier molecular flexibility index (Phi) is 4.33. The second-order valence-electron chi connectivity index (χ2n) is 5.44. The van der Waals surface area contributed by atoms with Gasteiger partial charge in [0, 0.05) is 11.6 Å². The Hall–Kier alpha value is -2.75. The van der Waals surface area contributed by atoms with Crippen LogP contribution in [0, 0.1) is 13.8 Å². The van der Waals surface area contributed by atoms with Crippen LogP contribution in [-0.2, 0) is 6.61 Å². The Balaban J connectivity index is 1.76. The van der Waals surface area contributed by atoms with Gasteiger partial charge < -0.3 is 14.0 Å². The number of rotatable bonds is 5. The minimum atomic E-state index is 0.340. The third kappa shape index (κ3) is 3.37. The van der Waals surface area contributed by atoms with Gasteiger partial charge in [0.2, 0.25) is 0 Å². The summed E-state index contributed by atoms with van der Waals surface area (Å²) in [6.07, 6.45) is 0. The van der Waals surface area contributed by atoms with Gasteiger partial charge in [0.05, 0.1) is 7.11 Å². The molecule has 3 rings (SSSR count). The monoisotopic (exact) mass is 309 g/mol. The van der Waals surface area contributed by atoms with E-state index in [0.717, 1.165) is 33.9 Å². The molecule has 0 radical (unpaired) electrons. The molecular formula is C19H19NO3. The van der Waals surface area contributed by atoms with Crippen molar-refractivity contribution in [3.8, 4) is 22.8 Å². The maximum absolute atomic E-state index is 5.84. The van der Waals surface area contributed by atoms with Gasteiger partial charge in [-0.15, -0.1) is 0 Å². The minimum Gasteiger partial charge on any atom is -0.496 e. The Labute approximate surface area is 135 Å². The van der Waals surface area contributed by atoms with E-state index in [1.165, 1.54) is 0 Å². The average Bonchev–Trinajstić information content (AvgIpc) is 3.04. The van der Waals surface area contributed by atoms with Crippen molar-refractivity contribution < 1.29 is 14.0 Å². The predicted molar refractivity (Wildman–Crippen MR) is 88.7 cm³/mol. The normalized spacial score (nSPS) is 10.6. The third-order valence-electron chi connectivity index (χ3n) is 3.66. The second kappa shape index (κ2) is 6.57. The molecule has 1 aromatic heterocycles. The van der Waals surface area contributed by atoms with E-state index in [-0.39, 0.29) is 0 Å². The van der Waals surface area contributed by atoms with E-state index in [4.69, 9.17) is 14.0 Å². The van der Waals surface area contributed by atoms with Gasteiger partial charge >= 0.3 is 0 Å². The van der Waals surface area contributed by atoms with Crippen molar-refractivity contribution in [3.05, 3.63) is 65.4 Å². The van der Waals surface area contributed by atoms with Crippen molar-refractivity contribution in [2.45, 2.75) is 20.5 Å². The van der Waals surface area contributed by atoms with Crippen molar-refractivity contribution >= 4 is 0 Å². The van der Waals surface area contributed by atoms with Gasteiger partial charge in [-0.1, -0.05) is 29.4 Å². The van der Waals surface area contributed by atoms with E-state index >= 15 is 0 Å². The summed E-state index contributed by atoms with van der Waals surface area (Å²) in [6.45, 7) is 4.41. The lowest BCUT2D eigenvalue weighted by atomic mass is 10.1. The van der Waals surface area contributed by atoms with Crippen LogP contribution < -0.4 is 9.47 Å². The highest BCUT2D eigenvalue weighted by atomic mass is 16.5. The molecule has 0 unspecified atom stereocenters. The summed E-state index contributed by atoms with van der Waals surface area (Å²) in [6, 6.07) is 15.7. The molecule has 118 valence electrons. The number of benzene rings is 2. The van der Waals surface area contributed by atoms with Crippen LogP contribution in [0.25, 0.3) is 11.3 Å². The van der Waals surface area contributed by atoms with Crippen LogP contribution in [0.3, 0.4) is 0 Å². The van der Waals surface area contributed by atoms with Crippen molar-refractivity contribution in [3.63, 3.8) is 0 Å². The maximum Gasteiger partial charge on any atom is 0.174 e. The molecule has 0 spiro atoms. The molecule has 2 aromatic carbocycles. The molecule has 23 heavy (non-hydrogen) atoms. The van der Waals surface area contributed by atoms with Crippen LogP contribution in [-0.4, -0.2) is 12.3 Å². The number of ether oxygens (including phenoxy) is 2. The first-order chi connectivity index (χ1) is 11.2. The second-order valence-corrected chi connectivity index (χ2v) is 5.44. The SMILES string of the molecule is COc1ccccc1-c1cc(COc2cc(C)ccc2C)on1. The van der Waals surface area contributed by atoms with Crippen LogP contribution >= 0.6 is 0 Å². The Bertz CT molecular complexity index is 808. The van der Waals surface area contributed by atoms with E-state index in [9.17, 15) is 0 Å². The minimum absolute atomic E-state index is 0.340. The maximum atomic E-state index is 5.84. The number of hydrogen-bond acceptors (Lipinski definition) is 4. The highest BCUT2D eigenvalue weighted by Gasteiger charge is 2.11. The lowest BCUT2D eigenvalue weighted by molar-refractivity contribution is 0.248. The van der Waals surface area contributed by atoms with E-state index in [1.807, 2.05) is 56.3 Å². The smallest absolute Gasteiger partial charge is 0.174 e. The van der Waals surface area contributed by atoms with Gasteiger partial charge in [0.1, 0.15) is 23.8 Å². The summed E-state index contributed by atoms with van der Waals surface area (Å²) in [5.41, 5.74) is 3.90. The van der Waals surface area contributed by atoms with Crippen molar-refractivity contribution in [1.82, 2.24) is 5.16 Å². The summed E-state index contributed by atoms with van der Waals surface area (Å²) in [4.78, 5) is 0. The molecule has 0 saturated carbocycles. The first-order valence-electron chi connectivity index (χ1n) is 7.46. The van der Waals surface area contributed by atoms with Crippen LogP contribution in [0.4, 0.5) is 0 Å². The molecule has 0 N–H and O–H groups in total. The summed E-state index contributed by atoms with van der Waals surface area (Å²) in [7, 11) is 1.64. The molecule has 4 heteroatoms. The molecule has 0 saturated heterocycles. The molecule has 0 atom stereocenters. The molecule has 0 aliphatic heterocycles. The first kappa shape index (κ1) is 15.2. The lowest BCUT2D eigenvalue weighted by Gasteiger charge is -2.07. The van der Waals surface area contributed by atoms with Gasteiger partial charge in [-0.05, 0) is 43.2 Å². The average molecular weight is 309 g/mol. The summed E-state index contributed by atoms with van der Waals surface area (Å²) in [5.74, 6) is 2.30. The van der Waals surface area contributed by atoms with Crippen LogP contribution in [0.1, 0.15) is 16.9 Å². The van der Waals surface area contributed by atoms with Crippen molar-refractivity contribution in [2.24, 2.45) is 0 Å². The van der Waals surface area contributed by atoms with Crippen molar-refractivity contribution in [2.75, 3.05) is 7.11 Å². The standard InChI is InChI=1S/C19H19NO3/c1-13-8-9-14(2)19(10-13)22-12-15-11-17(20-23-15)16-6-4-5-7-18(16)21-3/h4-11H,12H2,1-3H3. The molecule has 0 bridgehead atoms. The Morgan fingerprint density at radius 2 is 1.83 bits per heavy atom. The van der Waals surface area contributed by atoms with E-state index in [0.29, 0.717) is 12.4 Å². The van der Waals surface area contributed by atoms with Gasteiger partial charge in [-0.25, -0.2) is 0 Å². The van der Waals surface area contributed by atoms with Crippen LogP contribution in [0.5, 0.6) is 11.5 Å². The van der Waals surface area contributed by atoms with Crippen LogP contribution in [0.2, 0.25) is 0 Å². The summed E-state index contributed by atoms with van der Waals surface area (Å²) in [5, 5.41) is 4.11. The number of hydrogen-bond donors (Lipinski definition) is 0. The number of para-hydroxylation sites is 1. The predicted octanol–water partition coefficient (Wildman–Crippen LogP) is 4.55. The van der Waals surface area contributed by atoms with Gasteiger partial charge in [-0.3, -0.25) is 0 Å². The molecule has 1 heterocycles. The highest BCUT2D eigenvalue weighted by Crippen LogP contribution is 2.29. The third-order valence-corrected chi connectivity index (χ3v) is 3.66. The fraction of sp³-hybridized carbons (Fsp3) is 0.211. The van der Waals surface area contributed by atoms with Gasteiger partial charge in [0.25, 0.3) is 0 Å². The molecule has 0 amide bonds. The number of nitrogens with zero attached hydrogens (tertiary/aromatic N) is 1. The topological polar surface area (TPSA) is 44.5 Å². The lowest BCUT2D eigenvalue weighted by Crippen LogP contribution is -1.96. The van der Waals surface area contributed by atoms with Gasteiger partial charge in [-0.2, -0.15) is 0 Å². The number of aromatic nitrogens is 1. The van der Waals surface area contributed by atoms with Crippen molar-refractivity contribution in [1.29, 1.82) is 0 Å². The zero-order valence-electron chi connectivity index (χ0n) is 13.5. The molecular weight excluding hydrogens is 290 g/mol. The zero-order valence-corrected chi connectivity index (χ0v) is 13.5. The fourth-order valence-electron chi connectivity index (χ4n) is 2.38. The fourth-order valence-corrected chi connectivity index (χ4v) is 2.38. The molecule has 4 nitrogen and oxygen atoms in total. The summed E-state index contributed by atoms with van der Waals surface area (Å²) >= 11 is 0.